The number of hydrogen-bond donors (Lipinski definition) is 0. The average Bonchev–Trinajstić information content (AvgIpc) is 2.61. The normalized spacial score (nSPS) is 10.5. The number of fused-ring (bicyclic) bond motifs is 1. The summed E-state index contributed by atoms with van der Waals surface area (Å²) in [6.45, 7) is 1.79. The van der Waals surface area contributed by atoms with Crippen LogP contribution in [0.2, 0.25) is 0 Å². The van der Waals surface area contributed by atoms with Gasteiger partial charge in [-0.2, -0.15) is 0 Å². The molecule has 0 aliphatic carbocycles. The molecular formula is C9H8N2O3S. The van der Waals surface area contributed by atoms with E-state index in [1.807, 2.05) is 5.38 Å². The third kappa shape index (κ3) is 1.42. The Morgan fingerprint density at radius 2 is 2.33 bits per heavy atom. The highest BCUT2D eigenvalue weighted by molar-refractivity contribution is 7.15. The van der Waals surface area contributed by atoms with E-state index in [4.69, 9.17) is 0 Å². The summed E-state index contributed by atoms with van der Waals surface area (Å²) in [5.41, 5.74) is 0.334. The van der Waals surface area contributed by atoms with Crippen molar-refractivity contribution in [2.75, 3.05) is 7.11 Å². The fourth-order valence-electron chi connectivity index (χ4n) is 1.27. The lowest BCUT2D eigenvalue weighted by Crippen LogP contribution is -2.23. The first-order valence-corrected chi connectivity index (χ1v) is 5.07. The van der Waals surface area contributed by atoms with Gasteiger partial charge in [0.1, 0.15) is 5.56 Å². The van der Waals surface area contributed by atoms with Gasteiger partial charge in [0, 0.05) is 11.1 Å². The molecule has 2 aromatic rings. The molecule has 15 heavy (non-hydrogen) atoms. The quantitative estimate of drug-likeness (QED) is 0.674. The highest BCUT2D eigenvalue weighted by Crippen LogP contribution is 2.11. The average molecular weight is 224 g/mol. The van der Waals surface area contributed by atoms with Crippen molar-refractivity contribution in [1.82, 2.24) is 9.38 Å². The van der Waals surface area contributed by atoms with Crippen LogP contribution in [0, 0.1) is 6.92 Å². The molecule has 0 saturated carbocycles. The number of methoxy groups -OCH3 is 1. The van der Waals surface area contributed by atoms with Gasteiger partial charge >= 0.3 is 5.97 Å². The van der Waals surface area contributed by atoms with Gasteiger partial charge in [-0.3, -0.25) is 9.20 Å². The highest BCUT2D eigenvalue weighted by Gasteiger charge is 2.14. The van der Waals surface area contributed by atoms with Crippen LogP contribution in [-0.4, -0.2) is 22.5 Å². The fourth-order valence-corrected chi connectivity index (χ4v) is 2.10. The molecule has 0 atom stereocenters. The SMILES string of the molecule is COC(=O)c1cnc2scc(C)n2c1=O. The summed E-state index contributed by atoms with van der Waals surface area (Å²) in [6, 6.07) is 0. The highest BCUT2D eigenvalue weighted by atomic mass is 32.1. The van der Waals surface area contributed by atoms with Gasteiger partial charge in [0.15, 0.2) is 4.96 Å². The standard InChI is InChI=1S/C9H8N2O3S/c1-5-4-15-9-10-3-6(8(13)14-2)7(12)11(5)9/h3-4H,1-2H3. The maximum Gasteiger partial charge on any atom is 0.345 e. The van der Waals surface area contributed by atoms with E-state index < -0.39 is 5.97 Å². The Morgan fingerprint density at radius 1 is 1.60 bits per heavy atom. The largest absolute Gasteiger partial charge is 0.465 e. The molecule has 2 heterocycles. The van der Waals surface area contributed by atoms with Crippen molar-refractivity contribution in [2.24, 2.45) is 0 Å². The second-order valence-corrected chi connectivity index (χ2v) is 3.80. The molecule has 2 rings (SSSR count). The second kappa shape index (κ2) is 3.47. The van der Waals surface area contributed by atoms with Gasteiger partial charge < -0.3 is 4.74 Å². The second-order valence-electron chi connectivity index (χ2n) is 2.96. The molecule has 2 aromatic heterocycles. The number of carbonyl (C=O) groups excluding carboxylic acids is 1. The van der Waals surface area contributed by atoms with Crippen molar-refractivity contribution in [1.29, 1.82) is 0 Å². The summed E-state index contributed by atoms with van der Waals surface area (Å²) in [5.74, 6) is -0.660. The minimum Gasteiger partial charge on any atom is -0.465 e. The summed E-state index contributed by atoms with van der Waals surface area (Å²) in [4.78, 5) is 27.7. The lowest BCUT2D eigenvalue weighted by atomic mass is 10.3. The molecule has 0 radical (unpaired) electrons. The number of hydrogen-bond acceptors (Lipinski definition) is 5. The van der Waals surface area contributed by atoms with Crippen molar-refractivity contribution < 1.29 is 9.53 Å². The Balaban J connectivity index is 2.80. The van der Waals surface area contributed by atoms with E-state index in [0.717, 1.165) is 5.69 Å². The topological polar surface area (TPSA) is 60.7 Å². The molecule has 0 spiro atoms. The van der Waals surface area contributed by atoms with Gasteiger partial charge in [-0.1, -0.05) is 0 Å². The first-order chi connectivity index (χ1) is 7.15. The van der Waals surface area contributed by atoms with E-state index in [0.29, 0.717) is 4.96 Å². The molecule has 0 aromatic carbocycles. The zero-order chi connectivity index (χ0) is 11.0. The first-order valence-electron chi connectivity index (χ1n) is 4.19. The van der Waals surface area contributed by atoms with Crippen LogP contribution in [0.5, 0.6) is 0 Å². The van der Waals surface area contributed by atoms with E-state index in [2.05, 4.69) is 9.72 Å². The van der Waals surface area contributed by atoms with Crippen molar-refractivity contribution in [2.45, 2.75) is 6.92 Å². The number of carbonyl (C=O) groups is 1. The lowest BCUT2D eigenvalue weighted by molar-refractivity contribution is 0.0598. The summed E-state index contributed by atoms with van der Waals surface area (Å²) in [5, 5.41) is 1.81. The monoisotopic (exact) mass is 224 g/mol. The van der Waals surface area contributed by atoms with Crippen LogP contribution in [0.4, 0.5) is 0 Å². The lowest BCUT2D eigenvalue weighted by Gasteiger charge is -1.99. The number of rotatable bonds is 1. The number of esters is 1. The zero-order valence-electron chi connectivity index (χ0n) is 8.18. The fraction of sp³-hybridized carbons (Fsp3) is 0.222. The van der Waals surface area contributed by atoms with Crippen LogP contribution in [0.3, 0.4) is 0 Å². The van der Waals surface area contributed by atoms with Crippen LogP contribution >= 0.6 is 11.3 Å². The molecule has 0 saturated heterocycles. The summed E-state index contributed by atoms with van der Waals surface area (Å²) >= 11 is 1.36. The summed E-state index contributed by atoms with van der Waals surface area (Å²) in [6.07, 6.45) is 1.25. The summed E-state index contributed by atoms with van der Waals surface area (Å²) < 4.78 is 5.89. The van der Waals surface area contributed by atoms with Crippen LogP contribution in [0.15, 0.2) is 16.4 Å². The van der Waals surface area contributed by atoms with Gasteiger partial charge in [-0.25, -0.2) is 9.78 Å². The number of ether oxygens (including phenoxy) is 1. The van der Waals surface area contributed by atoms with Gasteiger partial charge in [-0.15, -0.1) is 11.3 Å². The molecule has 0 amide bonds. The van der Waals surface area contributed by atoms with E-state index >= 15 is 0 Å². The minimum absolute atomic E-state index is 0.0449. The van der Waals surface area contributed by atoms with E-state index in [9.17, 15) is 9.59 Å². The molecule has 5 nitrogen and oxygen atoms in total. The third-order valence-electron chi connectivity index (χ3n) is 2.02. The molecular weight excluding hydrogens is 216 g/mol. The first kappa shape index (κ1) is 9.85. The van der Waals surface area contributed by atoms with E-state index in [1.54, 1.807) is 6.92 Å². The van der Waals surface area contributed by atoms with Gasteiger partial charge in [0.05, 0.1) is 13.3 Å². The third-order valence-corrected chi connectivity index (χ3v) is 2.98. The van der Waals surface area contributed by atoms with Crippen LogP contribution in [-0.2, 0) is 4.74 Å². The molecule has 0 bridgehead atoms. The molecule has 0 N–H and O–H groups in total. The van der Waals surface area contributed by atoms with Crippen molar-refractivity contribution in [3.8, 4) is 0 Å². The molecule has 0 aliphatic rings. The Morgan fingerprint density at radius 3 is 3.00 bits per heavy atom. The Kier molecular flexibility index (Phi) is 2.28. The van der Waals surface area contributed by atoms with Crippen LogP contribution in [0.1, 0.15) is 16.1 Å². The van der Waals surface area contributed by atoms with Gasteiger partial charge in [-0.05, 0) is 6.92 Å². The van der Waals surface area contributed by atoms with E-state index in [-0.39, 0.29) is 11.1 Å². The maximum absolute atomic E-state index is 11.8. The smallest absolute Gasteiger partial charge is 0.345 e. The molecule has 78 valence electrons. The van der Waals surface area contributed by atoms with Gasteiger partial charge in [0.2, 0.25) is 0 Å². The molecule has 0 fully saturated rings. The van der Waals surface area contributed by atoms with Gasteiger partial charge in [0.25, 0.3) is 5.56 Å². The van der Waals surface area contributed by atoms with Crippen molar-refractivity contribution in [3.05, 3.63) is 33.2 Å². The van der Waals surface area contributed by atoms with Crippen molar-refractivity contribution in [3.63, 3.8) is 0 Å². The molecule has 6 heteroatoms. The Labute approximate surface area is 89.0 Å². The molecule has 0 unspecified atom stereocenters. The number of aromatic nitrogens is 2. The minimum atomic E-state index is -0.660. The Hall–Kier alpha value is -1.69. The predicted molar refractivity (Wildman–Crippen MR) is 55.4 cm³/mol. The zero-order valence-corrected chi connectivity index (χ0v) is 9.00. The predicted octanol–water partition coefficient (Wildman–Crippen LogP) is 0.851. The maximum atomic E-state index is 11.8. The van der Waals surface area contributed by atoms with Crippen molar-refractivity contribution >= 4 is 22.3 Å². The number of thiazole rings is 1. The number of nitrogens with zero attached hydrogens (tertiary/aromatic N) is 2. The van der Waals surface area contributed by atoms with Crippen LogP contribution in [0.25, 0.3) is 4.96 Å². The molecule has 0 aliphatic heterocycles. The Bertz CT molecular complexity index is 585. The van der Waals surface area contributed by atoms with Crippen LogP contribution < -0.4 is 5.56 Å². The van der Waals surface area contributed by atoms with E-state index in [1.165, 1.54) is 29.0 Å². The number of aryl methyl sites for hydroxylation is 1. The summed E-state index contributed by atoms with van der Waals surface area (Å²) in [7, 11) is 1.23.